The highest BCUT2D eigenvalue weighted by atomic mass is 16.5. The Hall–Kier alpha value is -1.36. The van der Waals surface area contributed by atoms with Crippen molar-refractivity contribution in [1.82, 2.24) is 4.90 Å². The molecule has 0 aromatic carbocycles. The highest BCUT2D eigenvalue weighted by Crippen LogP contribution is 2.16. The Labute approximate surface area is 88.3 Å². The summed E-state index contributed by atoms with van der Waals surface area (Å²) in [5.74, 6) is -0.968. The van der Waals surface area contributed by atoms with Crippen LogP contribution in [0.15, 0.2) is 12.2 Å². The van der Waals surface area contributed by atoms with Crippen molar-refractivity contribution in [2.45, 2.75) is 6.42 Å². The molecule has 0 aromatic rings. The van der Waals surface area contributed by atoms with E-state index in [4.69, 9.17) is 9.84 Å². The summed E-state index contributed by atoms with van der Waals surface area (Å²) in [7, 11) is 1.63. The molecule has 1 N–H and O–H groups in total. The van der Waals surface area contributed by atoms with E-state index >= 15 is 0 Å². The van der Waals surface area contributed by atoms with Crippen LogP contribution in [0.4, 0.5) is 0 Å². The average Bonchev–Trinajstić information content (AvgIpc) is 2.63. The van der Waals surface area contributed by atoms with Gasteiger partial charge in [-0.2, -0.15) is 0 Å². The Morgan fingerprint density at radius 2 is 2.27 bits per heavy atom. The first-order chi connectivity index (χ1) is 7.13. The Bertz CT molecular complexity index is 275. The van der Waals surface area contributed by atoms with Gasteiger partial charge in [0, 0.05) is 38.3 Å². The topological polar surface area (TPSA) is 66.8 Å². The lowest BCUT2D eigenvalue weighted by atomic mass is 10.1. The van der Waals surface area contributed by atoms with Gasteiger partial charge in [0.1, 0.15) is 0 Å². The maximum absolute atomic E-state index is 11.4. The molecule has 1 atom stereocenters. The van der Waals surface area contributed by atoms with Crippen molar-refractivity contribution in [3.63, 3.8) is 0 Å². The Morgan fingerprint density at radius 3 is 2.87 bits per heavy atom. The number of rotatable bonds is 4. The van der Waals surface area contributed by atoms with E-state index in [1.807, 2.05) is 0 Å². The number of likely N-dealkylation sites (tertiary alicyclic amines) is 1. The van der Waals surface area contributed by atoms with E-state index in [1.54, 1.807) is 12.0 Å². The number of carbonyl (C=O) groups is 2. The van der Waals surface area contributed by atoms with Gasteiger partial charge in [-0.3, -0.25) is 4.79 Å². The molecule has 1 aliphatic rings. The Kier molecular flexibility index (Phi) is 4.30. The van der Waals surface area contributed by atoms with Gasteiger partial charge in [-0.05, 0) is 6.42 Å². The molecular formula is C10H15NO4. The molecule has 0 radical (unpaired) electrons. The summed E-state index contributed by atoms with van der Waals surface area (Å²) >= 11 is 0. The number of ether oxygens (including phenoxy) is 1. The van der Waals surface area contributed by atoms with Crippen molar-refractivity contribution in [2.24, 2.45) is 5.92 Å². The highest BCUT2D eigenvalue weighted by molar-refractivity contribution is 5.94. The summed E-state index contributed by atoms with van der Waals surface area (Å²) in [5.41, 5.74) is 0. The normalized spacial score (nSPS) is 21.1. The van der Waals surface area contributed by atoms with Crippen LogP contribution in [0.2, 0.25) is 0 Å². The third-order valence-electron chi connectivity index (χ3n) is 2.37. The van der Waals surface area contributed by atoms with Crippen molar-refractivity contribution < 1.29 is 19.4 Å². The molecule has 0 saturated carbocycles. The summed E-state index contributed by atoms with van der Waals surface area (Å²) in [6.45, 7) is 1.97. The van der Waals surface area contributed by atoms with Crippen LogP contribution in [0.5, 0.6) is 0 Å². The molecule has 0 aromatic heterocycles. The Morgan fingerprint density at radius 1 is 1.53 bits per heavy atom. The van der Waals surface area contributed by atoms with Crippen molar-refractivity contribution >= 4 is 11.9 Å². The van der Waals surface area contributed by atoms with Gasteiger partial charge >= 0.3 is 5.97 Å². The number of hydrogen-bond acceptors (Lipinski definition) is 3. The molecular weight excluding hydrogens is 198 g/mol. The zero-order valence-corrected chi connectivity index (χ0v) is 8.68. The predicted octanol–water partition coefficient (Wildman–Crippen LogP) is 0.122. The van der Waals surface area contributed by atoms with Crippen LogP contribution in [0.25, 0.3) is 0 Å². The van der Waals surface area contributed by atoms with Gasteiger partial charge < -0.3 is 14.7 Å². The van der Waals surface area contributed by atoms with Gasteiger partial charge in [0.25, 0.3) is 0 Å². The second kappa shape index (κ2) is 5.50. The molecule has 5 heteroatoms. The quantitative estimate of drug-likeness (QED) is 0.674. The molecule has 1 saturated heterocycles. The SMILES string of the molecule is COCC1CCN(C(=O)/C=C/C(=O)O)C1. The van der Waals surface area contributed by atoms with Crippen molar-refractivity contribution in [1.29, 1.82) is 0 Å². The molecule has 1 heterocycles. The summed E-state index contributed by atoms with van der Waals surface area (Å²) in [6, 6.07) is 0. The van der Waals surface area contributed by atoms with Gasteiger partial charge in [-0.1, -0.05) is 0 Å². The fourth-order valence-electron chi connectivity index (χ4n) is 1.65. The van der Waals surface area contributed by atoms with Crippen LogP contribution >= 0.6 is 0 Å². The predicted molar refractivity (Wildman–Crippen MR) is 53.3 cm³/mol. The molecule has 15 heavy (non-hydrogen) atoms. The zero-order chi connectivity index (χ0) is 11.3. The van der Waals surface area contributed by atoms with E-state index in [0.717, 1.165) is 18.6 Å². The third kappa shape index (κ3) is 3.71. The third-order valence-corrected chi connectivity index (χ3v) is 2.37. The van der Waals surface area contributed by atoms with Crippen LogP contribution in [0, 0.1) is 5.92 Å². The van der Waals surface area contributed by atoms with Crippen molar-refractivity contribution in [2.75, 3.05) is 26.8 Å². The standard InChI is InChI=1S/C10H15NO4/c1-15-7-8-4-5-11(6-8)9(12)2-3-10(13)14/h2-3,8H,4-7H2,1H3,(H,13,14)/b3-2+. The monoisotopic (exact) mass is 213 g/mol. The highest BCUT2D eigenvalue weighted by Gasteiger charge is 2.24. The fourth-order valence-corrected chi connectivity index (χ4v) is 1.65. The smallest absolute Gasteiger partial charge is 0.328 e. The maximum Gasteiger partial charge on any atom is 0.328 e. The van der Waals surface area contributed by atoms with E-state index in [0.29, 0.717) is 25.6 Å². The zero-order valence-electron chi connectivity index (χ0n) is 8.68. The first kappa shape index (κ1) is 11.7. The lowest BCUT2D eigenvalue weighted by Gasteiger charge is -2.13. The number of carboxylic acids is 1. The van der Waals surface area contributed by atoms with E-state index in [2.05, 4.69) is 0 Å². The Balaban J connectivity index is 2.39. The van der Waals surface area contributed by atoms with Gasteiger partial charge in [0.05, 0.1) is 6.61 Å². The molecule has 0 aliphatic carbocycles. The van der Waals surface area contributed by atoms with Crippen LogP contribution < -0.4 is 0 Å². The first-order valence-electron chi connectivity index (χ1n) is 4.82. The molecule has 1 rings (SSSR count). The molecule has 1 unspecified atom stereocenters. The summed E-state index contributed by atoms with van der Waals surface area (Å²) < 4.78 is 5.00. The van der Waals surface area contributed by atoms with E-state index < -0.39 is 5.97 Å². The first-order valence-corrected chi connectivity index (χ1v) is 4.82. The van der Waals surface area contributed by atoms with E-state index in [9.17, 15) is 9.59 Å². The van der Waals surface area contributed by atoms with Gasteiger partial charge in [-0.25, -0.2) is 4.79 Å². The van der Waals surface area contributed by atoms with Crippen LogP contribution in [0.1, 0.15) is 6.42 Å². The molecule has 5 nitrogen and oxygen atoms in total. The van der Waals surface area contributed by atoms with Crippen LogP contribution in [-0.2, 0) is 14.3 Å². The van der Waals surface area contributed by atoms with Crippen molar-refractivity contribution in [3.8, 4) is 0 Å². The molecule has 0 bridgehead atoms. The van der Waals surface area contributed by atoms with Gasteiger partial charge in [0.2, 0.25) is 5.91 Å². The number of carboxylic acid groups (broad SMARTS) is 1. The number of aliphatic carboxylic acids is 1. The molecule has 84 valence electrons. The summed E-state index contributed by atoms with van der Waals surface area (Å²) in [4.78, 5) is 23.3. The van der Waals surface area contributed by atoms with Gasteiger partial charge in [-0.15, -0.1) is 0 Å². The fraction of sp³-hybridized carbons (Fsp3) is 0.600. The van der Waals surface area contributed by atoms with E-state index in [-0.39, 0.29) is 5.91 Å². The molecule has 1 amide bonds. The van der Waals surface area contributed by atoms with Crippen LogP contribution in [-0.4, -0.2) is 48.7 Å². The minimum atomic E-state index is -1.10. The largest absolute Gasteiger partial charge is 0.478 e. The van der Waals surface area contributed by atoms with E-state index in [1.165, 1.54) is 0 Å². The maximum atomic E-state index is 11.4. The summed E-state index contributed by atoms with van der Waals surface area (Å²) in [6.07, 6.45) is 2.88. The second-order valence-electron chi connectivity index (χ2n) is 3.57. The van der Waals surface area contributed by atoms with Crippen LogP contribution in [0.3, 0.4) is 0 Å². The summed E-state index contributed by atoms with van der Waals surface area (Å²) in [5, 5.41) is 8.36. The number of amides is 1. The number of methoxy groups -OCH3 is 1. The second-order valence-corrected chi connectivity index (χ2v) is 3.57. The van der Waals surface area contributed by atoms with Gasteiger partial charge in [0.15, 0.2) is 0 Å². The minimum Gasteiger partial charge on any atom is -0.478 e. The van der Waals surface area contributed by atoms with Crippen molar-refractivity contribution in [3.05, 3.63) is 12.2 Å². The molecule has 0 spiro atoms. The number of carbonyl (C=O) groups excluding carboxylic acids is 1. The lowest BCUT2D eigenvalue weighted by molar-refractivity contribution is -0.132. The minimum absolute atomic E-state index is 0.240. The molecule has 1 fully saturated rings. The number of hydrogen-bond donors (Lipinski definition) is 1. The lowest BCUT2D eigenvalue weighted by Crippen LogP contribution is -2.27. The average molecular weight is 213 g/mol. The molecule has 1 aliphatic heterocycles. The number of nitrogens with zero attached hydrogens (tertiary/aromatic N) is 1.